The number of anilines is 1. The van der Waals surface area contributed by atoms with Gasteiger partial charge in [0.2, 0.25) is 15.9 Å². The largest absolute Gasteiger partial charge is 0.490 e. The van der Waals surface area contributed by atoms with Gasteiger partial charge in [0, 0.05) is 43.5 Å². The summed E-state index contributed by atoms with van der Waals surface area (Å²) < 4.78 is 35.1. The van der Waals surface area contributed by atoms with E-state index in [9.17, 15) is 18.0 Å². The lowest BCUT2D eigenvalue weighted by atomic mass is 9.69. The first kappa shape index (κ1) is 32.6. The number of amides is 1. The molecular weight excluding hydrogens is 602 g/mol. The second-order valence-corrected chi connectivity index (χ2v) is 15.5. The molecule has 9 nitrogen and oxygen atoms in total. The molecule has 0 bridgehead atoms. The van der Waals surface area contributed by atoms with Crippen LogP contribution in [-0.4, -0.2) is 70.8 Å². The molecule has 0 aromatic heterocycles. The fourth-order valence-electron chi connectivity index (χ4n) is 7.14. The average Bonchev–Trinajstić information content (AvgIpc) is 3.13. The number of carbonyl (C=O) groups is 2. The molecule has 5 atom stereocenters. The number of methoxy groups -OCH3 is 1. The molecule has 44 heavy (non-hydrogen) atoms. The molecule has 2 N–H and O–H groups in total. The number of esters is 1. The number of sulfonamides is 1. The van der Waals surface area contributed by atoms with Gasteiger partial charge in [-0.25, -0.2) is 18.4 Å². The summed E-state index contributed by atoms with van der Waals surface area (Å²) in [5, 5.41) is 5.27. The first-order chi connectivity index (χ1) is 20.8. The Morgan fingerprint density at radius 1 is 1.18 bits per heavy atom. The van der Waals surface area contributed by atoms with Crippen LogP contribution in [0.1, 0.15) is 67.4 Å². The first-order valence-electron chi connectivity index (χ1n) is 15.5. The maximum Gasteiger partial charge on any atom is 0.337 e. The van der Waals surface area contributed by atoms with Gasteiger partial charge in [-0.05, 0) is 98.2 Å². The predicted octanol–water partition coefficient (Wildman–Crippen LogP) is 4.79. The molecule has 0 radical (unpaired) electrons. The Balaban J connectivity index is 1.37. The highest BCUT2D eigenvalue weighted by Crippen LogP contribution is 2.46. The van der Waals surface area contributed by atoms with Gasteiger partial charge < -0.3 is 19.3 Å². The Morgan fingerprint density at radius 2 is 1.93 bits per heavy atom. The van der Waals surface area contributed by atoms with Crippen LogP contribution in [0.25, 0.3) is 0 Å². The summed E-state index contributed by atoms with van der Waals surface area (Å²) in [5.41, 5.74) is 3.67. The van der Waals surface area contributed by atoms with Gasteiger partial charge in [-0.1, -0.05) is 24.6 Å². The Labute approximate surface area is 266 Å². The SMILES string of the molecule is COC(=O)c1ccc2c(c1)N(C[C@@H]1CC[C@H]1CN(C)C(=O)C[C@H](C)[C@@H](C)S(N)(=O)=O)C[C@@]1(CCCc3cc(Cl)ccc31)CO2. The number of benzene rings is 2. The third-order valence-corrected chi connectivity index (χ3v) is 12.0. The molecule has 0 unspecified atom stereocenters. The maximum atomic E-state index is 13.0. The third kappa shape index (κ3) is 6.72. The molecule has 0 saturated heterocycles. The van der Waals surface area contributed by atoms with E-state index in [-0.39, 0.29) is 23.7 Å². The minimum Gasteiger partial charge on any atom is -0.490 e. The van der Waals surface area contributed by atoms with Crippen LogP contribution in [0.4, 0.5) is 5.69 Å². The molecule has 5 rings (SSSR count). The topological polar surface area (TPSA) is 119 Å². The Bertz CT molecular complexity index is 1520. The van der Waals surface area contributed by atoms with Crippen LogP contribution in [-0.2, 0) is 31.4 Å². The van der Waals surface area contributed by atoms with E-state index in [0.717, 1.165) is 61.7 Å². The van der Waals surface area contributed by atoms with Gasteiger partial charge in [0.25, 0.3) is 0 Å². The molecule has 1 heterocycles. The van der Waals surface area contributed by atoms with Crippen molar-refractivity contribution >= 4 is 39.2 Å². The second-order valence-electron chi connectivity index (χ2n) is 13.1. The molecule has 1 saturated carbocycles. The molecule has 2 aromatic carbocycles. The standard InChI is InChI=1S/C33H44ClN3O6S/c1-21(22(2)44(35,40)41)14-31(38)36(3)17-25-7-8-26(25)18-37-19-33(13-5-6-23-15-27(34)10-11-28(23)33)20-43-30-12-9-24(16-29(30)37)32(39)42-4/h9-12,15-16,21-22,25-26H,5-8,13-14,17-20H2,1-4H3,(H2,35,40,41)/t21-,22+,25-,26-,33-/m0/s1. The van der Waals surface area contributed by atoms with Gasteiger partial charge in [-0.2, -0.15) is 0 Å². The molecule has 2 aliphatic carbocycles. The zero-order valence-electron chi connectivity index (χ0n) is 26.1. The summed E-state index contributed by atoms with van der Waals surface area (Å²) in [5.74, 6) is 0.545. The molecule has 1 aliphatic heterocycles. The van der Waals surface area contributed by atoms with Crippen LogP contribution in [0.3, 0.4) is 0 Å². The van der Waals surface area contributed by atoms with Gasteiger partial charge in [0.1, 0.15) is 5.75 Å². The summed E-state index contributed by atoms with van der Waals surface area (Å²) in [6.07, 6.45) is 5.18. The normalized spacial score (nSPS) is 24.2. The third-order valence-electron chi connectivity index (χ3n) is 10.2. The van der Waals surface area contributed by atoms with Crippen molar-refractivity contribution < 1.29 is 27.5 Å². The summed E-state index contributed by atoms with van der Waals surface area (Å²) in [4.78, 5) is 29.7. The van der Waals surface area contributed by atoms with Crippen molar-refractivity contribution in [2.75, 3.05) is 45.3 Å². The van der Waals surface area contributed by atoms with E-state index in [0.29, 0.717) is 30.6 Å². The smallest absolute Gasteiger partial charge is 0.337 e. The van der Waals surface area contributed by atoms with Crippen LogP contribution < -0.4 is 14.8 Å². The van der Waals surface area contributed by atoms with Crippen molar-refractivity contribution in [1.82, 2.24) is 4.90 Å². The van der Waals surface area contributed by atoms with Crippen molar-refractivity contribution in [1.29, 1.82) is 0 Å². The summed E-state index contributed by atoms with van der Waals surface area (Å²) in [7, 11) is -0.530. The van der Waals surface area contributed by atoms with Crippen LogP contribution in [0.15, 0.2) is 36.4 Å². The van der Waals surface area contributed by atoms with Crippen molar-refractivity contribution in [3.8, 4) is 5.75 Å². The van der Waals surface area contributed by atoms with Crippen LogP contribution in [0.2, 0.25) is 5.02 Å². The van der Waals surface area contributed by atoms with Crippen LogP contribution in [0.5, 0.6) is 5.75 Å². The van der Waals surface area contributed by atoms with E-state index >= 15 is 0 Å². The van der Waals surface area contributed by atoms with Crippen molar-refractivity contribution in [3.05, 3.63) is 58.1 Å². The predicted molar refractivity (Wildman–Crippen MR) is 172 cm³/mol. The van der Waals surface area contributed by atoms with E-state index in [2.05, 4.69) is 17.0 Å². The Kier molecular flexibility index (Phi) is 9.54. The summed E-state index contributed by atoms with van der Waals surface area (Å²) >= 11 is 6.39. The van der Waals surface area contributed by atoms with Crippen LogP contribution >= 0.6 is 11.6 Å². The van der Waals surface area contributed by atoms with Crippen LogP contribution in [0, 0.1) is 17.8 Å². The first-order valence-corrected chi connectivity index (χ1v) is 17.4. The highest BCUT2D eigenvalue weighted by molar-refractivity contribution is 7.89. The van der Waals surface area contributed by atoms with Crippen molar-refractivity contribution in [2.45, 2.75) is 63.0 Å². The van der Waals surface area contributed by atoms with Gasteiger partial charge in [-0.15, -0.1) is 0 Å². The highest BCUT2D eigenvalue weighted by atomic mass is 35.5. The molecule has 1 amide bonds. The Morgan fingerprint density at radius 3 is 2.61 bits per heavy atom. The molecule has 11 heteroatoms. The minimum absolute atomic E-state index is 0.0775. The lowest BCUT2D eigenvalue weighted by Crippen LogP contribution is -2.49. The summed E-state index contributed by atoms with van der Waals surface area (Å²) in [6.45, 7) is 5.93. The number of nitrogens with zero attached hydrogens (tertiary/aromatic N) is 2. The highest BCUT2D eigenvalue weighted by Gasteiger charge is 2.43. The van der Waals surface area contributed by atoms with Gasteiger partial charge in [-0.3, -0.25) is 4.79 Å². The molecule has 1 fully saturated rings. The Hall–Kier alpha value is -2.82. The molecule has 2 aromatic rings. The van der Waals surface area contributed by atoms with E-state index in [4.69, 9.17) is 26.2 Å². The lowest BCUT2D eigenvalue weighted by Gasteiger charge is -2.45. The van der Waals surface area contributed by atoms with E-state index in [1.807, 2.05) is 18.2 Å². The number of halogens is 1. The number of aryl methyl sites for hydroxylation is 1. The average molecular weight is 646 g/mol. The van der Waals surface area contributed by atoms with Crippen molar-refractivity contribution in [2.24, 2.45) is 22.9 Å². The summed E-state index contributed by atoms with van der Waals surface area (Å²) in [6, 6.07) is 11.7. The zero-order valence-corrected chi connectivity index (χ0v) is 27.6. The minimum atomic E-state index is -3.71. The fourth-order valence-corrected chi connectivity index (χ4v) is 8.07. The number of rotatable bonds is 9. The number of nitrogens with two attached hydrogens (primary N) is 1. The number of fused-ring (bicyclic) bond motifs is 3. The number of hydrogen-bond acceptors (Lipinski definition) is 7. The van der Waals surface area contributed by atoms with Crippen molar-refractivity contribution in [3.63, 3.8) is 0 Å². The zero-order chi connectivity index (χ0) is 31.8. The lowest BCUT2D eigenvalue weighted by molar-refractivity contribution is -0.132. The van der Waals surface area contributed by atoms with Gasteiger partial charge in [0.05, 0.1) is 30.2 Å². The molecule has 240 valence electrons. The number of primary sulfonamides is 1. The molecule has 1 spiro atoms. The number of hydrogen-bond donors (Lipinski definition) is 1. The van der Waals surface area contributed by atoms with E-state index in [1.54, 1.807) is 31.9 Å². The number of carbonyl (C=O) groups excluding carboxylic acids is 2. The van der Waals surface area contributed by atoms with E-state index in [1.165, 1.54) is 18.2 Å². The monoisotopic (exact) mass is 645 g/mol. The van der Waals surface area contributed by atoms with Gasteiger partial charge in [0.15, 0.2) is 0 Å². The number of ether oxygens (including phenoxy) is 2. The molecule has 3 aliphatic rings. The van der Waals surface area contributed by atoms with Gasteiger partial charge >= 0.3 is 5.97 Å². The second kappa shape index (κ2) is 12.9. The fraction of sp³-hybridized carbons (Fsp3) is 0.576. The van der Waals surface area contributed by atoms with E-state index < -0.39 is 21.2 Å². The molecular formula is C33H44ClN3O6S. The quantitative estimate of drug-likeness (QED) is 0.390. The maximum absolute atomic E-state index is 13.0.